The lowest BCUT2D eigenvalue weighted by Crippen LogP contribution is -2.50. The number of para-hydroxylation sites is 2. The monoisotopic (exact) mass is 384 g/mol. The van der Waals surface area contributed by atoms with Gasteiger partial charge in [-0.2, -0.15) is 5.10 Å². The highest BCUT2D eigenvalue weighted by Gasteiger charge is 2.31. The van der Waals surface area contributed by atoms with E-state index in [0.717, 1.165) is 5.56 Å². The molecule has 27 heavy (non-hydrogen) atoms. The number of carbonyl (C=O) groups is 3. The summed E-state index contributed by atoms with van der Waals surface area (Å²) in [6.45, 7) is 1.10. The minimum absolute atomic E-state index is 0.104. The molecule has 0 atom stereocenters. The number of nitrogens with one attached hydrogen (secondary N) is 1. The van der Waals surface area contributed by atoms with Crippen molar-refractivity contribution in [3.63, 3.8) is 0 Å². The quantitative estimate of drug-likeness (QED) is 0.648. The summed E-state index contributed by atoms with van der Waals surface area (Å²) in [5.74, 6) is -1.01. The van der Waals surface area contributed by atoms with Gasteiger partial charge in [0.2, 0.25) is 11.8 Å². The van der Waals surface area contributed by atoms with E-state index in [1.54, 1.807) is 48.5 Å². The van der Waals surface area contributed by atoms with Crippen molar-refractivity contribution in [2.75, 3.05) is 22.9 Å². The number of fused-ring (bicyclic) bond motifs is 1. The number of hydrogen-bond acceptors (Lipinski definition) is 4. The van der Waals surface area contributed by atoms with Gasteiger partial charge in [0.25, 0.3) is 5.91 Å². The van der Waals surface area contributed by atoms with E-state index in [1.165, 1.54) is 22.9 Å². The average Bonchev–Trinajstić information content (AvgIpc) is 2.65. The molecule has 2 aromatic carbocycles. The summed E-state index contributed by atoms with van der Waals surface area (Å²) in [7, 11) is 0. The third kappa shape index (κ3) is 4.32. The summed E-state index contributed by atoms with van der Waals surface area (Å²) in [5.41, 5.74) is 4.29. The van der Waals surface area contributed by atoms with Crippen LogP contribution in [0.4, 0.5) is 11.4 Å². The van der Waals surface area contributed by atoms with Gasteiger partial charge in [-0.15, -0.1) is 0 Å². The van der Waals surface area contributed by atoms with Gasteiger partial charge in [0.1, 0.15) is 13.1 Å². The minimum atomic E-state index is -0.445. The lowest BCUT2D eigenvalue weighted by molar-refractivity contribution is -0.124. The molecule has 0 spiro atoms. The number of halogens is 1. The first-order valence-corrected chi connectivity index (χ1v) is 8.58. The Morgan fingerprint density at radius 3 is 2.48 bits per heavy atom. The first-order valence-electron chi connectivity index (χ1n) is 8.20. The fraction of sp³-hybridized carbons (Fsp3) is 0.158. The lowest BCUT2D eigenvalue weighted by Gasteiger charge is -2.35. The standard InChI is InChI=1S/C19H17ClN4O3/c1-13(25)23-12-19(27)24(17-5-3-2-4-16(17)23)11-18(26)22-21-10-14-6-8-15(20)9-7-14/h2-10H,11-12H2,1H3,(H,22,26). The van der Waals surface area contributed by atoms with Crippen molar-refractivity contribution < 1.29 is 14.4 Å². The van der Waals surface area contributed by atoms with E-state index < -0.39 is 5.91 Å². The van der Waals surface area contributed by atoms with Crippen LogP contribution in [0, 0.1) is 0 Å². The minimum Gasteiger partial charge on any atom is -0.301 e. The Kier molecular flexibility index (Phi) is 5.52. The number of benzene rings is 2. The van der Waals surface area contributed by atoms with E-state index in [2.05, 4.69) is 10.5 Å². The van der Waals surface area contributed by atoms with Crippen molar-refractivity contribution in [3.05, 3.63) is 59.1 Å². The molecule has 0 saturated carbocycles. The smallest absolute Gasteiger partial charge is 0.260 e. The van der Waals surface area contributed by atoms with E-state index in [1.807, 2.05) is 0 Å². The van der Waals surface area contributed by atoms with Gasteiger partial charge in [0.05, 0.1) is 17.6 Å². The zero-order valence-electron chi connectivity index (χ0n) is 14.6. The largest absolute Gasteiger partial charge is 0.301 e. The molecule has 3 rings (SSSR count). The molecule has 1 aliphatic heterocycles. The van der Waals surface area contributed by atoms with Crippen LogP contribution in [0.2, 0.25) is 5.02 Å². The van der Waals surface area contributed by atoms with Gasteiger partial charge in [-0.25, -0.2) is 5.43 Å². The maximum Gasteiger partial charge on any atom is 0.260 e. The predicted molar refractivity (Wildman–Crippen MR) is 104 cm³/mol. The lowest BCUT2D eigenvalue weighted by atomic mass is 10.1. The Morgan fingerprint density at radius 1 is 1.15 bits per heavy atom. The van der Waals surface area contributed by atoms with E-state index in [9.17, 15) is 14.4 Å². The highest BCUT2D eigenvalue weighted by atomic mass is 35.5. The molecule has 138 valence electrons. The Labute approximate surface area is 161 Å². The molecule has 0 aliphatic carbocycles. The van der Waals surface area contributed by atoms with Gasteiger partial charge in [0, 0.05) is 11.9 Å². The third-order valence-electron chi connectivity index (χ3n) is 4.01. The Balaban J connectivity index is 1.69. The highest BCUT2D eigenvalue weighted by molar-refractivity contribution is 6.30. The molecule has 1 N–H and O–H groups in total. The molecule has 1 aliphatic rings. The molecule has 0 bridgehead atoms. The molecule has 0 unspecified atom stereocenters. The highest BCUT2D eigenvalue weighted by Crippen LogP contribution is 2.33. The summed E-state index contributed by atoms with van der Waals surface area (Å²) in [6.07, 6.45) is 1.48. The average molecular weight is 385 g/mol. The van der Waals surface area contributed by atoms with Crippen LogP contribution >= 0.6 is 11.6 Å². The third-order valence-corrected chi connectivity index (χ3v) is 4.26. The van der Waals surface area contributed by atoms with E-state index >= 15 is 0 Å². The second kappa shape index (κ2) is 8.01. The van der Waals surface area contributed by atoms with Crippen molar-refractivity contribution in [1.29, 1.82) is 0 Å². The Hall–Kier alpha value is -3.19. The maximum absolute atomic E-state index is 12.4. The van der Waals surface area contributed by atoms with Crippen molar-refractivity contribution in [3.8, 4) is 0 Å². The van der Waals surface area contributed by atoms with Crippen LogP contribution in [-0.4, -0.2) is 37.0 Å². The van der Waals surface area contributed by atoms with Crippen LogP contribution in [-0.2, 0) is 14.4 Å². The summed E-state index contributed by atoms with van der Waals surface area (Å²) in [6, 6.07) is 13.9. The molecule has 0 aromatic heterocycles. The molecular formula is C19H17ClN4O3. The summed E-state index contributed by atoms with van der Waals surface area (Å²) < 4.78 is 0. The fourth-order valence-corrected chi connectivity index (χ4v) is 2.85. The number of amides is 3. The topological polar surface area (TPSA) is 82.1 Å². The Morgan fingerprint density at radius 2 is 1.81 bits per heavy atom. The molecule has 0 saturated heterocycles. The predicted octanol–water partition coefficient (Wildman–Crippen LogP) is 2.19. The number of rotatable bonds is 4. The molecule has 0 radical (unpaired) electrons. The molecule has 1 heterocycles. The van der Waals surface area contributed by atoms with E-state index in [4.69, 9.17) is 11.6 Å². The molecule has 2 aromatic rings. The van der Waals surface area contributed by atoms with Gasteiger partial charge < -0.3 is 4.90 Å². The SMILES string of the molecule is CC(=O)N1CC(=O)N(CC(=O)NN=Cc2ccc(Cl)cc2)c2ccccc21. The number of carbonyl (C=O) groups excluding carboxylic acids is 3. The van der Waals surface area contributed by atoms with Gasteiger partial charge in [-0.1, -0.05) is 35.9 Å². The van der Waals surface area contributed by atoms with Gasteiger partial charge in [-0.05, 0) is 29.8 Å². The Bertz CT molecular complexity index is 911. The van der Waals surface area contributed by atoms with Crippen LogP contribution in [0.1, 0.15) is 12.5 Å². The van der Waals surface area contributed by atoms with Gasteiger partial charge in [-0.3, -0.25) is 19.3 Å². The van der Waals surface area contributed by atoms with Crippen molar-refractivity contribution in [1.82, 2.24) is 5.43 Å². The van der Waals surface area contributed by atoms with Crippen LogP contribution in [0.25, 0.3) is 0 Å². The zero-order chi connectivity index (χ0) is 19.4. The molecule has 7 nitrogen and oxygen atoms in total. The zero-order valence-corrected chi connectivity index (χ0v) is 15.3. The number of anilines is 2. The van der Waals surface area contributed by atoms with E-state index in [0.29, 0.717) is 16.4 Å². The van der Waals surface area contributed by atoms with Crippen LogP contribution in [0.5, 0.6) is 0 Å². The van der Waals surface area contributed by atoms with Crippen LogP contribution < -0.4 is 15.2 Å². The van der Waals surface area contributed by atoms with Gasteiger partial charge >= 0.3 is 0 Å². The van der Waals surface area contributed by atoms with Crippen LogP contribution in [0.15, 0.2) is 53.6 Å². The van der Waals surface area contributed by atoms with E-state index in [-0.39, 0.29) is 24.9 Å². The number of hydrogen-bond donors (Lipinski definition) is 1. The second-order valence-corrected chi connectivity index (χ2v) is 6.35. The van der Waals surface area contributed by atoms with Crippen molar-refractivity contribution in [2.24, 2.45) is 5.10 Å². The maximum atomic E-state index is 12.4. The van der Waals surface area contributed by atoms with Crippen LogP contribution in [0.3, 0.4) is 0 Å². The summed E-state index contributed by atoms with van der Waals surface area (Å²) in [4.78, 5) is 39.2. The first kappa shape index (κ1) is 18.6. The molecule has 8 heteroatoms. The molecule has 0 fully saturated rings. The van der Waals surface area contributed by atoms with Crippen molar-refractivity contribution >= 4 is 46.9 Å². The summed E-state index contributed by atoms with van der Waals surface area (Å²) in [5, 5.41) is 4.50. The summed E-state index contributed by atoms with van der Waals surface area (Å²) >= 11 is 5.81. The van der Waals surface area contributed by atoms with Crippen molar-refractivity contribution in [2.45, 2.75) is 6.92 Å². The normalized spacial score (nSPS) is 13.6. The fourth-order valence-electron chi connectivity index (χ4n) is 2.72. The number of hydrazone groups is 1. The number of nitrogens with zero attached hydrogens (tertiary/aromatic N) is 3. The van der Waals surface area contributed by atoms with Gasteiger partial charge in [0.15, 0.2) is 0 Å². The molecule has 3 amide bonds. The second-order valence-electron chi connectivity index (χ2n) is 5.92. The first-order chi connectivity index (χ1) is 13.0. The molecular weight excluding hydrogens is 368 g/mol.